The topological polar surface area (TPSA) is 154 Å². The second kappa shape index (κ2) is 7.39. The number of nitrogens with zero attached hydrogens (tertiary/aromatic N) is 1. The van der Waals surface area contributed by atoms with Crippen molar-refractivity contribution in [1.29, 1.82) is 0 Å². The molecule has 2 aliphatic rings. The van der Waals surface area contributed by atoms with Gasteiger partial charge in [-0.25, -0.2) is 14.4 Å². The largest absolute Gasteiger partial charge is 0.508 e. The molecular weight excluding hydrogens is 458 g/mol. The SMILES string of the molecule is CCN(C(=O)O)c1cc2c(c(C(=O)O)c1C)C(=O)OC21c2ccc(O)cc2Oc2cc(O)ccc21. The fourth-order valence-electron chi connectivity index (χ4n) is 4.89. The molecule has 3 aromatic carbocycles. The van der Waals surface area contributed by atoms with Crippen LogP contribution >= 0.6 is 0 Å². The van der Waals surface area contributed by atoms with Gasteiger partial charge in [0.25, 0.3) is 0 Å². The molecule has 10 heteroatoms. The van der Waals surface area contributed by atoms with Crippen LogP contribution < -0.4 is 9.64 Å². The number of esters is 1. The van der Waals surface area contributed by atoms with Gasteiger partial charge in [-0.2, -0.15) is 0 Å². The van der Waals surface area contributed by atoms with Gasteiger partial charge in [0.2, 0.25) is 0 Å². The third-order valence-corrected chi connectivity index (χ3v) is 6.35. The molecule has 0 aromatic heterocycles. The molecule has 0 aliphatic carbocycles. The van der Waals surface area contributed by atoms with Crippen molar-refractivity contribution in [3.63, 3.8) is 0 Å². The van der Waals surface area contributed by atoms with Gasteiger partial charge in [0, 0.05) is 35.4 Å². The number of benzene rings is 3. The number of carboxylic acid groups (broad SMARTS) is 2. The van der Waals surface area contributed by atoms with Crippen molar-refractivity contribution < 1.29 is 44.3 Å². The molecule has 178 valence electrons. The van der Waals surface area contributed by atoms with Gasteiger partial charge in [-0.05, 0) is 49.7 Å². The Balaban J connectivity index is 1.95. The molecule has 4 N–H and O–H groups in total. The van der Waals surface area contributed by atoms with Gasteiger partial charge in [-0.3, -0.25) is 4.90 Å². The predicted octanol–water partition coefficient (Wildman–Crippen LogP) is 4.18. The van der Waals surface area contributed by atoms with E-state index in [0.29, 0.717) is 11.1 Å². The minimum atomic E-state index is -1.72. The number of carbonyl (C=O) groups excluding carboxylic acids is 1. The second-order valence-corrected chi connectivity index (χ2v) is 8.18. The Labute approximate surface area is 198 Å². The number of aromatic carboxylic acids is 1. The van der Waals surface area contributed by atoms with E-state index in [-0.39, 0.29) is 57.5 Å². The quantitative estimate of drug-likeness (QED) is 0.407. The summed E-state index contributed by atoms with van der Waals surface area (Å²) in [6.45, 7) is 3.06. The van der Waals surface area contributed by atoms with E-state index in [2.05, 4.69) is 0 Å². The summed E-state index contributed by atoms with van der Waals surface area (Å²) in [7, 11) is 0. The van der Waals surface area contributed by atoms with Crippen molar-refractivity contribution >= 4 is 23.7 Å². The zero-order chi connectivity index (χ0) is 25.2. The van der Waals surface area contributed by atoms with E-state index in [1.807, 2.05) is 0 Å². The smallest absolute Gasteiger partial charge is 0.411 e. The molecule has 0 atom stereocenters. The molecule has 0 saturated heterocycles. The molecule has 0 bridgehead atoms. The maximum absolute atomic E-state index is 13.3. The standard InChI is InChI=1S/C25H19NO9/c1-3-26(24(32)33)17-10-16-21(20(11(17)2)22(29)30)23(31)35-25(16)14-6-4-12(27)8-18(14)34-19-9-13(28)5-7-15(19)25/h4-10,27-28H,3H2,1-2H3,(H,29,30)(H,32,33). The summed E-state index contributed by atoms with van der Waals surface area (Å²) in [5.74, 6) is -2.36. The van der Waals surface area contributed by atoms with Crippen molar-refractivity contribution in [2.24, 2.45) is 0 Å². The fourth-order valence-corrected chi connectivity index (χ4v) is 4.89. The average molecular weight is 477 g/mol. The summed E-state index contributed by atoms with van der Waals surface area (Å²) in [6, 6.07) is 9.75. The Morgan fingerprint density at radius 2 is 1.51 bits per heavy atom. The Bertz CT molecular complexity index is 1410. The lowest BCUT2D eigenvalue weighted by Gasteiger charge is -2.37. The number of hydrogen-bond acceptors (Lipinski definition) is 7. The summed E-state index contributed by atoms with van der Waals surface area (Å²) in [5.41, 5.74) is -1.41. The minimum absolute atomic E-state index is 0.0217. The predicted molar refractivity (Wildman–Crippen MR) is 121 cm³/mol. The number of fused-ring (bicyclic) bond motifs is 6. The van der Waals surface area contributed by atoms with E-state index in [1.54, 1.807) is 6.92 Å². The van der Waals surface area contributed by atoms with Crippen LogP contribution in [0.5, 0.6) is 23.0 Å². The molecule has 0 fully saturated rings. The second-order valence-electron chi connectivity index (χ2n) is 8.18. The van der Waals surface area contributed by atoms with Crippen LogP contribution in [0.4, 0.5) is 10.5 Å². The van der Waals surface area contributed by atoms with Crippen LogP contribution in [0.1, 0.15) is 49.9 Å². The van der Waals surface area contributed by atoms with Gasteiger partial charge in [-0.15, -0.1) is 0 Å². The molecule has 0 unspecified atom stereocenters. The minimum Gasteiger partial charge on any atom is -0.508 e. The first-order chi connectivity index (χ1) is 16.6. The lowest BCUT2D eigenvalue weighted by Crippen LogP contribution is -2.34. The van der Waals surface area contributed by atoms with E-state index in [9.17, 15) is 34.8 Å². The highest BCUT2D eigenvalue weighted by atomic mass is 16.6. The first-order valence-electron chi connectivity index (χ1n) is 10.6. The first kappa shape index (κ1) is 22.1. The molecule has 10 nitrogen and oxygen atoms in total. The molecule has 1 amide bonds. The highest BCUT2D eigenvalue weighted by Crippen LogP contribution is 2.58. The third-order valence-electron chi connectivity index (χ3n) is 6.35. The van der Waals surface area contributed by atoms with Crippen LogP contribution in [-0.4, -0.2) is 45.0 Å². The van der Waals surface area contributed by atoms with Crippen molar-refractivity contribution in [1.82, 2.24) is 0 Å². The maximum Gasteiger partial charge on any atom is 0.411 e. The van der Waals surface area contributed by atoms with Crippen LogP contribution in [0, 0.1) is 6.92 Å². The normalized spacial score (nSPS) is 14.4. The van der Waals surface area contributed by atoms with Crippen molar-refractivity contribution in [2.45, 2.75) is 19.4 Å². The van der Waals surface area contributed by atoms with Crippen LogP contribution in [0.15, 0.2) is 42.5 Å². The van der Waals surface area contributed by atoms with Crippen LogP contribution in [0.25, 0.3) is 0 Å². The maximum atomic E-state index is 13.3. The number of hydrogen-bond donors (Lipinski definition) is 4. The van der Waals surface area contributed by atoms with Crippen molar-refractivity contribution in [2.75, 3.05) is 11.4 Å². The molecule has 2 heterocycles. The number of phenolic OH excluding ortho intramolecular Hbond substituents is 2. The third kappa shape index (κ3) is 2.92. The lowest BCUT2D eigenvalue weighted by atomic mass is 9.76. The molecule has 0 saturated carbocycles. The van der Waals surface area contributed by atoms with E-state index in [4.69, 9.17) is 9.47 Å². The van der Waals surface area contributed by atoms with Gasteiger partial charge in [0.15, 0.2) is 5.60 Å². The summed E-state index contributed by atoms with van der Waals surface area (Å²) in [6.07, 6.45) is -1.30. The molecule has 35 heavy (non-hydrogen) atoms. The summed E-state index contributed by atoms with van der Waals surface area (Å²) < 4.78 is 11.8. The molecule has 3 aromatic rings. The van der Waals surface area contributed by atoms with E-state index in [1.165, 1.54) is 49.4 Å². The highest BCUT2D eigenvalue weighted by Gasteiger charge is 2.55. The first-order valence-corrected chi connectivity index (χ1v) is 10.6. The van der Waals surface area contributed by atoms with Gasteiger partial charge in [0.1, 0.15) is 23.0 Å². The number of anilines is 1. The summed E-state index contributed by atoms with van der Waals surface area (Å²) in [5, 5.41) is 39.9. The Morgan fingerprint density at radius 3 is 2.00 bits per heavy atom. The van der Waals surface area contributed by atoms with Crippen LogP contribution in [-0.2, 0) is 10.3 Å². The monoisotopic (exact) mass is 477 g/mol. The van der Waals surface area contributed by atoms with Gasteiger partial charge < -0.3 is 29.9 Å². The van der Waals surface area contributed by atoms with Crippen molar-refractivity contribution in [3.05, 3.63) is 75.8 Å². The number of amides is 1. The Kier molecular flexibility index (Phi) is 4.66. The van der Waals surface area contributed by atoms with Gasteiger partial charge in [-0.1, -0.05) is 0 Å². The van der Waals surface area contributed by atoms with Crippen LogP contribution in [0.3, 0.4) is 0 Å². The number of ether oxygens (including phenoxy) is 2. The van der Waals surface area contributed by atoms with Crippen molar-refractivity contribution in [3.8, 4) is 23.0 Å². The van der Waals surface area contributed by atoms with Gasteiger partial charge >= 0.3 is 18.0 Å². The zero-order valence-corrected chi connectivity index (χ0v) is 18.5. The fraction of sp³-hybridized carbons (Fsp3) is 0.160. The lowest BCUT2D eigenvalue weighted by molar-refractivity contribution is 0.0222. The average Bonchev–Trinajstić information content (AvgIpc) is 3.06. The van der Waals surface area contributed by atoms with E-state index in [0.717, 1.165) is 4.90 Å². The number of rotatable bonds is 3. The molecule has 5 rings (SSSR count). The zero-order valence-electron chi connectivity index (χ0n) is 18.5. The van der Waals surface area contributed by atoms with E-state index >= 15 is 0 Å². The summed E-state index contributed by atoms with van der Waals surface area (Å²) >= 11 is 0. The number of carboxylic acids is 1. The summed E-state index contributed by atoms with van der Waals surface area (Å²) in [4.78, 5) is 38.6. The molecular formula is C25H19NO9. The number of aromatic hydroxyl groups is 2. The highest BCUT2D eigenvalue weighted by molar-refractivity contribution is 6.09. The van der Waals surface area contributed by atoms with Gasteiger partial charge in [0.05, 0.1) is 16.8 Å². The molecule has 0 radical (unpaired) electrons. The molecule has 2 aliphatic heterocycles. The number of phenols is 2. The Morgan fingerprint density at radius 1 is 0.943 bits per heavy atom. The van der Waals surface area contributed by atoms with Crippen LogP contribution in [0.2, 0.25) is 0 Å². The molecule has 1 spiro atoms. The number of carbonyl (C=O) groups is 3. The van der Waals surface area contributed by atoms with E-state index < -0.39 is 23.6 Å². The Hall–Kier alpha value is -4.73.